The Bertz CT molecular complexity index is 1460. The van der Waals surface area contributed by atoms with Gasteiger partial charge in [-0.1, -0.05) is 28.9 Å². The summed E-state index contributed by atoms with van der Waals surface area (Å²) >= 11 is 6.04. The third-order valence-electron chi connectivity index (χ3n) is 5.42. The number of hydrogen-bond acceptors (Lipinski definition) is 7. The Kier molecular flexibility index (Phi) is 5.35. The highest BCUT2D eigenvalue weighted by molar-refractivity contribution is 6.30. The van der Waals surface area contributed by atoms with Gasteiger partial charge in [-0.2, -0.15) is 4.98 Å². The molecule has 0 N–H and O–H groups in total. The third-order valence-corrected chi connectivity index (χ3v) is 5.67. The van der Waals surface area contributed by atoms with E-state index >= 15 is 0 Å². The molecule has 0 saturated carbocycles. The van der Waals surface area contributed by atoms with Crippen LogP contribution < -0.4 is 4.74 Å². The average molecular weight is 460 g/mol. The minimum absolute atomic E-state index is 0.0490. The molecule has 0 unspecified atom stereocenters. The number of carbonyl (C=O) groups excluding carboxylic acids is 1. The van der Waals surface area contributed by atoms with Crippen LogP contribution in [0, 0.1) is 6.92 Å². The Morgan fingerprint density at radius 1 is 1.15 bits per heavy atom. The molecule has 3 heterocycles. The van der Waals surface area contributed by atoms with E-state index in [1.54, 1.807) is 7.11 Å². The maximum absolute atomic E-state index is 13.5. The molecule has 0 aliphatic heterocycles. The predicted octanol–water partition coefficient (Wildman–Crippen LogP) is 4.73. The quantitative estimate of drug-likeness (QED) is 0.338. The van der Waals surface area contributed by atoms with Gasteiger partial charge in [-0.05, 0) is 42.8 Å². The maximum atomic E-state index is 13.5. The van der Waals surface area contributed by atoms with Crippen molar-refractivity contribution in [3.63, 3.8) is 0 Å². The van der Waals surface area contributed by atoms with Gasteiger partial charge in [0.1, 0.15) is 11.4 Å². The minimum Gasteiger partial charge on any atom is -0.497 e. The van der Waals surface area contributed by atoms with Gasteiger partial charge in [0, 0.05) is 40.6 Å². The fourth-order valence-corrected chi connectivity index (χ4v) is 3.92. The van der Waals surface area contributed by atoms with Gasteiger partial charge >= 0.3 is 0 Å². The van der Waals surface area contributed by atoms with E-state index in [1.807, 2.05) is 49.4 Å². The molecule has 33 heavy (non-hydrogen) atoms. The van der Waals surface area contributed by atoms with E-state index in [9.17, 15) is 4.79 Å². The van der Waals surface area contributed by atoms with Gasteiger partial charge in [-0.25, -0.2) is 4.98 Å². The topological polar surface area (TPSA) is 95.9 Å². The van der Waals surface area contributed by atoms with E-state index < -0.39 is 0 Å². The number of rotatable bonds is 6. The van der Waals surface area contributed by atoms with Crippen LogP contribution in [0.3, 0.4) is 0 Å². The van der Waals surface area contributed by atoms with Crippen molar-refractivity contribution in [2.24, 2.45) is 0 Å². The fourth-order valence-electron chi connectivity index (χ4n) is 3.79. The van der Waals surface area contributed by atoms with E-state index in [1.165, 1.54) is 18.6 Å². The molecule has 0 aliphatic carbocycles. The molecule has 3 aromatic heterocycles. The molecule has 8 nitrogen and oxygen atoms in total. The van der Waals surface area contributed by atoms with Crippen molar-refractivity contribution in [3.8, 4) is 17.3 Å². The van der Waals surface area contributed by atoms with E-state index in [2.05, 4.69) is 24.7 Å². The molecule has 0 amide bonds. The van der Waals surface area contributed by atoms with Crippen molar-refractivity contribution >= 4 is 28.3 Å². The number of aromatic nitrogens is 5. The van der Waals surface area contributed by atoms with Gasteiger partial charge in [0.15, 0.2) is 0 Å². The van der Waals surface area contributed by atoms with Crippen molar-refractivity contribution < 1.29 is 14.1 Å². The predicted molar refractivity (Wildman–Crippen MR) is 123 cm³/mol. The van der Waals surface area contributed by atoms with E-state index in [4.69, 9.17) is 20.9 Å². The lowest BCUT2D eigenvalue weighted by molar-refractivity contribution is 0.102. The first-order valence-electron chi connectivity index (χ1n) is 10.1. The monoisotopic (exact) mass is 459 g/mol. The molecular formula is C24H18ClN5O3. The van der Waals surface area contributed by atoms with Crippen LogP contribution in [0.15, 0.2) is 65.6 Å². The molecule has 5 rings (SSSR count). The average Bonchev–Trinajstić information content (AvgIpc) is 3.44. The Morgan fingerprint density at radius 3 is 2.70 bits per heavy atom. The summed E-state index contributed by atoms with van der Waals surface area (Å²) in [6.45, 7) is 2.47. The Labute approximate surface area is 193 Å². The number of benzene rings is 2. The minimum atomic E-state index is -0.348. The Morgan fingerprint density at radius 2 is 1.97 bits per heavy atom. The lowest BCUT2D eigenvalue weighted by atomic mass is 10.1. The first-order valence-corrected chi connectivity index (χ1v) is 10.5. The van der Waals surface area contributed by atoms with Crippen molar-refractivity contribution in [3.05, 3.63) is 88.7 Å². The summed E-state index contributed by atoms with van der Waals surface area (Å²) in [4.78, 5) is 25.9. The Hall–Kier alpha value is -4.04. The first-order chi connectivity index (χ1) is 16.0. The van der Waals surface area contributed by atoms with Gasteiger partial charge in [0.05, 0.1) is 18.9 Å². The van der Waals surface area contributed by atoms with Crippen LogP contribution >= 0.6 is 11.6 Å². The second kappa shape index (κ2) is 8.48. The highest BCUT2D eigenvalue weighted by Crippen LogP contribution is 2.32. The van der Waals surface area contributed by atoms with Gasteiger partial charge < -0.3 is 13.8 Å². The number of hydrogen-bond donors (Lipinski definition) is 0. The third kappa shape index (κ3) is 3.85. The number of fused-ring (bicyclic) bond motifs is 1. The van der Waals surface area contributed by atoms with Crippen LogP contribution in [-0.4, -0.2) is 37.6 Å². The second-order valence-electron chi connectivity index (χ2n) is 7.40. The molecule has 2 aromatic carbocycles. The summed E-state index contributed by atoms with van der Waals surface area (Å²) in [6.07, 6.45) is 4.55. The molecule has 0 aliphatic rings. The zero-order valence-electron chi connectivity index (χ0n) is 17.8. The Balaban J connectivity index is 1.61. The number of halogens is 1. The van der Waals surface area contributed by atoms with Crippen LogP contribution in [0.2, 0.25) is 5.02 Å². The number of carbonyl (C=O) groups is 1. The number of ketones is 1. The summed E-state index contributed by atoms with van der Waals surface area (Å²) in [6, 6.07) is 13.3. The van der Waals surface area contributed by atoms with Gasteiger partial charge in [0.2, 0.25) is 11.6 Å². The molecule has 9 heteroatoms. The van der Waals surface area contributed by atoms with Gasteiger partial charge in [-0.15, -0.1) is 0 Å². The molecular weight excluding hydrogens is 442 g/mol. The zero-order valence-corrected chi connectivity index (χ0v) is 18.6. The fraction of sp³-hybridized carbons (Fsp3) is 0.125. The summed E-state index contributed by atoms with van der Waals surface area (Å²) < 4.78 is 12.8. The van der Waals surface area contributed by atoms with Crippen LogP contribution in [-0.2, 0) is 6.54 Å². The molecule has 0 atom stereocenters. The normalized spacial score (nSPS) is 11.1. The maximum Gasteiger partial charge on any atom is 0.278 e. The van der Waals surface area contributed by atoms with Gasteiger partial charge in [0.25, 0.3) is 5.89 Å². The smallest absolute Gasteiger partial charge is 0.278 e. The second-order valence-corrected chi connectivity index (χ2v) is 7.84. The van der Waals surface area contributed by atoms with E-state index in [0.29, 0.717) is 28.6 Å². The molecule has 0 spiro atoms. The first kappa shape index (κ1) is 20.8. The zero-order chi connectivity index (χ0) is 22.9. The van der Waals surface area contributed by atoms with Crippen molar-refractivity contribution in [1.29, 1.82) is 0 Å². The van der Waals surface area contributed by atoms with E-state index in [-0.39, 0.29) is 17.5 Å². The lowest BCUT2D eigenvalue weighted by Gasteiger charge is -2.09. The van der Waals surface area contributed by atoms with Gasteiger partial charge in [-0.3, -0.25) is 9.78 Å². The summed E-state index contributed by atoms with van der Waals surface area (Å²) in [5.41, 5.74) is 3.61. The summed E-state index contributed by atoms with van der Waals surface area (Å²) in [7, 11) is 1.59. The standard InChI is InChI=1S/C24H18ClN5O3/c1-14-21(22(31)23-28-24(33-29-23)19-12-26-9-10-27-19)18-11-17(32-2)7-8-20(18)30(14)13-15-3-5-16(25)6-4-15/h3-12H,13H2,1-2H3. The highest BCUT2D eigenvalue weighted by Gasteiger charge is 2.26. The lowest BCUT2D eigenvalue weighted by Crippen LogP contribution is -2.07. The molecule has 5 aromatic rings. The van der Waals surface area contributed by atoms with E-state index in [0.717, 1.165) is 22.2 Å². The van der Waals surface area contributed by atoms with Crippen molar-refractivity contribution in [2.45, 2.75) is 13.5 Å². The molecule has 0 radical (unpaired) electrons. The summed E-state index contributed by atoms with van der Waals surface area (Å²) in [5.74, 6) is 0.381. The molecule has 164 valence electrons. The number of methoxy groups -OCH3 is 1. The van der Waals surface area contributed by atoms with Crippen molar-refractivity contribution in [2.75, 3.05) is 7.11 Å². The van der Waals surface area contributed by atoms with Crippen LogP contribution in [0.4, 0.5) is 0 Å². The largest absolute Gasteiger partial charge is 0.497 e. The van der Waals surface area contributed by atoms with Crippen LogP contribution in [0.5, 0.6) is 5.75 Å². The highest BCUT2D eigenvalue weighted by atomic mass is 35.5. The molecule has 0 bridgehead atoms. The summed E-state index contributed by atoms with van der Waals surface area (Å²) in [5, 5.41) is 5.32. The van der Waals surface area contributed by atoms with Crippen molar-refractivity contribution in [1.82, 2.24) is 24.7 Å². The van der Waals surface area contributed by atoms with Crippen LogP contribution in [0.1, 0.15) is 27.4 Å². The SMILES string of the molecule is COc1ccc2c(c1)c(C(=O)c1noc(-c3cnccn3)n1)c(C)n2Cc1ccc(Cl)cc1. The molecule has 0 saturated heterocycles. The van der Waals surface area contributed by atoms with Crippen LogP contribution in [0.25, 0.3) is 22.5 Å². The number of nitrogens with zero attached hydrogens (tertiary/aromatic N) is 5. The number of ether oxygens (including phenoxy) is 1. The molecule has 0 fully saturated rings.